The summed E-state index contributed by atoms with van der Waals surface area (Å²) < 4.78 is 36.6. The SMILES string of the molecule is CC[C@@H]1/C=C/COc2c(ccc(F)c2F)[C@@H](c2sccc2C)N2CN1C(=O)c1c(O)c(=O)ccn12. The predicted molar refractivity (Wildman–Crippen MR) is 128 cm³/mol. The van der Waals surface area contributed by atoms with E-state index in [1.807, 2.05) is 25.3 Å². The van der Waals surface area contributed by atoms with Crippen molar-refractivity contribution in [2.45, 2.75) is 32.4 Å². The van der Waals surface area contributed by atoms with Gasteiger partial charge < -0.3 is 14.7 Å². The minimum atomic E-state index is -1.10. The van der Waals surface area contributed by atoms with E-state index < -0.39 is 34.8 Å². The quantitative estimate of drug-likeness (QED) is 0.538. The maximum atomic E-state index is 15.1. The highest BCUT2D eigenvalue weighted by Crippen LogP contribution is 2.42. The van der Waals surface area contributed by atoms with Gasteiger partial charge in [0, 0.05) is 22.7 Å². The normalized spacial score (nSPS) is 20.5. The number of halogens is 2. The van der Waals surface area contributed by atoms with Gasteiger partial charge in [0.25, 0.3) is 5.91 Å². The molecule has 7 nitrogen and oxygen atoms in total. The number of rotatable bonds is 2. The summed E-state index contributed by atoms with van der Waals surface area (Å²) >= 11 is 1.43. The second kappa shape index (κ2) is 8.84. The van der Waals surface area contributed by atoms with Crippen LogP contribution in [0.15, 0.2) is 52.8 Å². The average molecular weight is 500 g/mol. The molecule has 2 aliphatic rings. The molecule has 1 N–H and O–H groups in total. The zero-order valence-electron chi connectivity index (χ0n) is 19.1. The van der Waals surface area contributed by atoms with Gasteiger partial charge in [-0.1, -0.05) is 13.0 Å². The van der Waals surface area contributed by atoms with Gasteiger partial charge >= 0.3 is 0 Å². The molecule has 0 radical (unpaired) electrons. The van der Waals surface area contributed by atoms with E-state index in [2.05, 4.69) is 0 Å². The third-order valence-corrected chi connectivity index (χ3v) is 7.49. The molecule has 2 bridgehead atoms. The zero-order valence-corrected chi connectivity index (χ0v) is 19.9. The summed E-state index contributed by atoms with van der Waals surface area (Å²) in [5.74, 6) is -3.52. The highest BCUT2D eigenvalue weighted by atomic mass is 32.1. The van der Waals surface area contributed by atoms with E-state index in [0.29, 0.717) is 12.0 Å². The Morgan fingerprint density at radius 2 is 2.00 bits per heavy atom. The van der Waals surface area contributed by atoms with E-state index >= 15 is 4.39 Å². The van der Waals surface area contributed by atoms with Gasteiger partial charge in [-0.3, -0.25) is 19.3 Å². The van der Waals surface area contributed by atoms with Crippen LogP contribution >= 0.6 is 11.3 Å². The molecule has 0 aliphatic carbocycles. The summed E-state index contributed by atoms with van der Waals surface area (Å²) in [7, 11) is 0. The topological polar surface area (TPSA) is 75.0 Å². The van der Waals surface area contributed by atoms with Gasteiger partial charge in [-0.2, -0.15) is 4.39 Å². The first-order valence-corrected chi connectivity index (χ1v) is 12.0. The third kappa shape index (κ3) is 3.68. The van der Waals surface area contributed by atoms with Crippen LogP contribution in [0, 0.1) is 18.6 Å². The van der Waals surface area contributed by atoms with Gasteiger partial charge in [0.2, 0.25) is 11.2 Å². The van der Waals surface area contributed by atoms with Gasteiger partial charge in [-0.25, -0.2) is 4.39 Å². The maximum Gasteiger partial charge on any atom is 0.278 e. The number of ether oxygens (including phenoxy) is 1. The molecular weight excluding hydrogens is 476 g/mol. The van der Waals surface area contributed by atoms with Crippen molar-refractivity contribution < 1.29 is 23.4 Å². The number of hydrogen-bond donors (Lipinski definition) is 1. The molecule has 10 heteroatoms. The largest absolute Gasteiger partial charge is 0.502 e. The van der Waals surface area contributed by atoms with Crippen LogP contribution < -0.4 is 15.2 Å². The molecule has 1 amide bonds. The van der Waals surface area contributed by atoms with Gasteiger partial charge in [-0.15, -0.1) is 11.3 Å². The summed E-state index contributed by atoms with van der Waals surface area (Å²) in [6, 6.07) is 4.51. The Morgan fingerprint density at radius 3 is 2.71 bits per heavy atom. The first-order valence-electron chi connectivity index (χ1n) is 11.2. The molecule has 1 aromatic carbocycles. The van der Waals surface area contributed by atoms with Crippen LogP contribution in [0.5, 0.6) is 11.5 Å². The minimum absolute atomic E-state index is 0.0297. The van der Waals surface area contributed by atoms with E-state index in [4.69, 9.17) is 4.74 Å². The second-order valence-corrected chi connectivity index (χ2v) is 9.39. The van der Waals surface area contributed by atoms with E-state index in [1.54, 1.807) is 22.1 Å². The van der Waals surface area contributed by atoms with Crippen molar-refractivity contribution in [2.75, 3.05) is 18.3 Å². The van der Waals surface area contributed by atoms with Gasteiger partial charge in [0.15, 0.2) is 23.0 Å². The molecule has 5 rings (SSSR count). The summed E-state index contributed by atoms with van der Waals surface area (Å²) in [5, 5.41) is 14.3. The molecule has 0 spiro atoms. The van der Waals surface area contributed by atoms with Crippen molar-refractivity contribution in [3.63, 3.8) is 0 Å². The van der Waals surface area contributed by atoms with Crippen molar-refractivity contribution in [3.8, 4) is 11.5 Å². The van der Waals surface area contributed by atoms with Crippen LogP contribution in [0.2, 0.25) is 0 Å². The Kier molecular flexibility index (Phi) is 5.84. The summed E-state index contributed by atoms with van der Waals surface area (Å²) in [4.78, 5) is 28.2. The maximum absolute atomic E-state index is 15.1. The van der Waals surface area contributed by atoms with Crippen LogP contribution in [0.4, 0.5) is 8.78 Å². The lowest BCUT2D eigenvalue weighted by molar-refractivity contribution is 0.0626. The Hall–Kier alpha value is -3.66. The molecule has 2 aromatic heterocycles. The number of nitrogens with zero attached hydrogens (tertiary/aromatic N) is 3. The van der Waals surface area contributed by atoms with Crippen molar-refractivity contribution in [1.29, 1.82) is 0 Å². The van der Waals surface area contributed by atoms with Crippen LogP contribution in [-0.2, 0) is 0 Å². The Labute approximate surface area is 204 Å². The fourth-order valence-corrected chi connectivity index (χ4v) is 5.68. The van der Waals surface area contributed by atoms with Gasteiger partial charge in [-0.05, 0) is 48.6 Å². The number of pyridine rings is 1. The molecule has 35 heavy (non-hydrogen) atoms. The molecule has 2 aliphatic heterocycles. The molecule has 3 aromatic rings. The number of aromatic nitrogens is 1. The molecule has 0 unspecified atom stereocenters. The average Bonchev–Trinajstić information content (AvgIpc) is 3.25. The highest BCUT2D eigenvalue weighted by molar-refractivity contribution is 7.10. The summed E-state index contributed by atoms with van der Waals surface area (Å²) in [5.41, 5.74) is 0.404. The fourth-order valence-electron chi connectivity index (χ4n) is 4.63. The predicted octanol–water partition coefficient (Wildman–Crippen LogP) is 4.07. The number of aryl methyl sites for hydroxylation is 1. The third-order valence-electron chi connectivity index (χ3n) is 6.42. The Morgan fingerprint density at radius 1 is 1.20 bits per heavy atom. The number of thiophene rings is 1. The number of benzene rings is 1. The summed E-state index contributed by atoms with van der Waals surface area (Å²) in [6.45, 7) is 3.85. The number of fused-ring (bicyclic) bond motifs is 5. The first-order chi connectivity index (χ1) is 16.8. The lowest BCUT2D eigenvalue weighted by Crippen LogP contribution is -2.57. The fraction of sp³-hybridized carbons (Fsp3) is 0.280. The molecule has 0 fully saturated rings. The van der Waals surface area contributed by atoms with Crippen molar-refractivity contribution >= 4 is 17.2 Å². The van der Waals surface area contributed by atoms with E-state index in [9.17, 15) is 19.1 Å². The number of carbonyl (C=O) groups excluding carboxylic acids is 1. The lowest BCUT2D eigenvalue weighted by atomic mass is 10.00. The van der Waals surface area contributed by atoms with Gasteiger partial charge in [0.05, 0.1) is 6.04 Å². The summed E-state index contributed by atoms with van der Waals surface area (Å²) in [6.07, 6.45) is 5.38. The molecule has 4 heterocycles. The van der Waals surface area contributed by atoms with Crippen molar-refractivity contribution in [3.05, 3.63) is 91.6 Å². The second-order valence-electron chi connectivity index (χ2n) is 8.44. The monoisotopic (exact) mass is 499 g/mol. The van der Waals surface area contributed by atoms with Crippen molar-refractivity contribution in [1.82, 2.24) is 9.58 Å². The smallest absolute Gasteiger partial charge is 0.278 e. The number of hydrogen-bond acceptors (Lipinski definition) is 6. The van der Waals surface area contributed by atoms with Crippen LogP contribution in [0.25, 0.3) is 0 Å². The number of amides is 1. The van der Waals surface area contributed by atoms with Crippen LogP contribution in [-0.4, -0.2) is 39.9 Å². The highest BCUT2D eigenvalue weighted by Gasteiger charge is 2.40. The van der Waals surface area contributed by atoms with Gasteiger partial charge in [0.1, 0.15) is 19.3 Å². The Balaban J connectivity index is 1.85. The van der Waals surface area contributed by atoms with Crippen LogP contribution in [0.3, 0.4) is 0 Å². The standard InChI is InChI=1S/C25H23F2N3O4S/c1-3-15-5-4-11-34-23-16(6-7-17(26)19(23)27)20(24-14(2)9-12-35-24)30-13-28(15)25(33)21-22(32)18(31)8-10-29(21)30/h4-10,12,15,20,32H,3,11,13H2,1-2H3/b5-4+/t15-,20+/m1/s1. The van der Waals surface area contributed by atoms with E-state index in [0.717, 1.165) is 16.5 Å². The number of aromatic hydroxyl groups is 1. The molecule has 2 atom stereocenters. The number of carbonyl (C=O) groups is 1. The zero-order chi connectivity index (χ0) is 24.9. The Bertz CT molecular complexity index is 1400. The first kappa shape index (κ1) is 23.1. The lowest BCUT2D eigenvalue weighted by Gasteiger charge is -2.45. The molecular formula is C25H23F2N3O4S. The molecule has 0 saturated carbocycles. The van der Waals surface area contributed by atoms with Crippen molar-refractivity contribution in [2.24, 2.45) is 0 Å². The van der Waals surface area contributed by atoms with Crippen LogP contribution in [0.1, 0.15) is 45.9 Å². The molecule has 182 valence electrons. The molecule has 0 saturated heterocycles. The minimum Gasteiger partial charge on any atom is -0.502 e. The van der Waals surface area contributed by atoms with E-state index in [1.165, 1.54) is 34.3 Å². The van der Waals surface area contributed by atoms with E-state index in [-0.39, 0.29) is 30.8 Å².